The third-order valence-corrected chi connectivity index (χ3v) is 2.85. The summed E-state index contributed by atoms with van der Waals surface area (Å²) in [6, 6.07) is 0.741. The zero-order chi connectivity index (χ0) is 8.55. The molecule has 0 aromatic heterocycles. The van der Waals surface area contributed by atoms with Gasteiger partial charge in [0.15, 0.2) is 0 Å². The van der Waals surface area contributed by atoms with E-state index in [1.54, 1.807) is 6.92 Å². The molecule has 0 aliphatic carbocycles. The molecule has 2 fully saturated rings. The lowest BCUT2D eigenvalue weighted by Crippen LogP contribution is -2.56. The zero-order valence-electron chi connectivity index (χ0n) is 7.45. The van der Waals surface area contributed by atoms with E-state index >= 15 is 0 Å². The van der Waals surface area contributed by atoms with Crippen LogP contribution in [0.25, 0.3) is 0 Å². The molecular formula is C9H15NO2. The number of rotatable bonds is 0. The molecule has 2 unspecified atom stereocenters. The second-order valence-corrected chi connectivity index (χ2v) is 3.70. The molecule has 68 valence electrons. The van der Waals surface area contributed by atoms with Gasteiger partial charge in [-0.05, 0) is 19.3 Å². The molecular weight excluding hydrogens is 154 g/mol. The number of nitrogens with zero attached hydrogens (tertiary/aromatic N) is 1. The van der Waals surface area contributed by atoms with Crippen LogP contribution in [0.1, 0.15) is 26.2 Å². The second-order valence-electron chi connectivity index (χ2n) is 3.70. The average Bonchev–Trinajstić information content (AvgIpc) is 2.02. The highest BCUT2D eigenvalue weighted by atomic mass is 16.5. The Morgan fingerprint density at radius 1 is 1.33 bits per heavy atom. The van der Waals surface area contributed by atoms with E-state index in [2.05, 4.69) is 0 Å². The minimum atomic E-state index is 0.216. The molecule has 0 saturated carbocycles. The summed E-state index contributed by atoms with van der Waals surface area (Å²) in [6.07, 6.45) is 3.49. The van der Waals surface area contributed by atoms with Gasteiger partial charge in [-0.1, -0.05) is 0 Å². The van der Waals surface area contributed by atoms with E-state index < -0.39 is 0 Å². The maximum Gasteiger partial charge on any atom is 0.220 e. The van der Waals surface area contributed by atoms with Crippen LogP contribution in [0.5, 0.6) is 0 Å². The largest absolute Gasteiger partial charge is 0.377 e. The Balaban J connectivity index is 2.13. The highest BCUT2D eigenvalue weighted by Crippen LogP contribution is 2.26. The van der Waals surface area contributed by atoms with Crippen molar-refractivity contribution in [3.8, 4) is 0 Å². The van der Waals surface area contributed by atoms with Crippen molar-refractivity contribution in [1.82, 2.24) is 4.90 Å². The SMILES string of the molecule is CC(=O)N1C2CCCC1COC2. The van der Waals surface area contributed by atoms with E-state index in [1.165, 1.54) is 6.42 Å². The Morgan fingerprint density at radius 2 is 1.92 bits per heavy atom. The van der Waals surface area contributed by atoms with Gasteiger partial charge in [-0.2, -0.15) is 0 Å². The number of hydrogen-bond acceptors (Lipinski definition) is 2. The fraction of sp³-hybridized carbons (Fsp3) is 0.889. The molecule has 2 heterocycles. The van der Waals surface area contributed by atoms with Crippen LogP contribution in [0, 0.1) is 0 Å². The number of amides is 1. The van der Waals surface area contributed by atoms with E-state index in [-0.39, 0.29) is 5.91 Å². The summed E-state index contributed by atoms with van der Waals surface area (Å²) in [5.74, 6) is 0.216. The lowest BCUT2D eigenvalue weighted by Gasteiger charge is -2.45. The van der Waals surface area contributed by atoms with Crippen molar-refractivity contribution in [2.75, 3.05) is 13.2 Å². The second kappa shape index (κ2) is 3.05. The van der Waals surface area contributed by atoms with Crippen LogP contribution in [-0.2, 0) is 9.53 Å². The molecule has 2 saturated heterocycles. The molecule has 1 amide bonds. The van der Waals surface area contributed by atoms with Gasteiger partial charge in [-0.15, -0.1) is 0 Å². The van der Waals surface area contributed by atoms with Crippen molar-refractivity contribution in [2.45, 2.75) is 38.3 Å². The van der Waals surface area contributed by atoms with Crippen molar-refractivity contribution in [3.05, 3.63) is 0 Å². The lowest BCUT2D eigenvalue weighted by molar-refractivity contribution is -0.148. The number of fused-ring (bicyclic) bond motifs is 2. The molecule has 0 aromatic carbocycles. The highest BCUT2D eigenvalue weighted by molar-refractivity contribution is 5.74. The maximum absolute atomic E-state index is 11.3. The van der Waals surface area contributed by atoms with E-state index in [1.807, 2.05) is 4.90 Å². The van der Waals surface area contributed by atoms with Crippen LogP contribution in [0.3, 0.4) is 0 Å². The van der Waals surface area contributed by atoms with Gasteiger partial charge >= 0.3 is 0 Å². The van der Waals surface area contributed by atoms with Gasteiger partial charge in [0.25, 0.3) is 0 Å². The number of carbonyl (C=O) groups is 1. The van der Waals surface area contributed by atoms with Crippen molar-refractivity contribution in [3.63, 3.8) is 0 Å². The van der Waals surface area contributed by atoms with Gasteiger partial charge in [-0.25, -0.2) is 0 Å². The zero-order valence-corrected chi connectivity index (χ0v) is 7.45. The summed E-state index contributed by atoms with van der Waals surface area (Å²) in [7, 11) is 0. The fourth-order valence-electron chi connectivity index (χ4n) is 2.35. The maximum atomic E-state index is 11.3. The summed E-state index contributed by atoms with van der Waals surface area (Å²) >= 11 is 0. The van der Waals surface area contributed by atoms with Crippen molar-refractivity contribution >= 4 is 5.91 Å². The Kier molecular flexibility index (Phi) is 2.05. The number of ether oxygens (including phenoxy) is 1. The molecule has 2 bridgehead atoms. The predicted octanol–water partition coefficient (Wildman–Crippen LogP) is 0.786. The Bertz CT molecular complexity index is 171. The number of carbonyl (C=O) groups excluding carboxylic acids is 1. The topological polar surface area (TPSA) is 29.5 Å². The van der Waals surface area contributed by atoms with Gasteiger partial charge in [0, 0.05) is 6.92 Å². The molecule has 3 nitrogen and oxygen atoms in total. The van der Waals surface area contributed by atoms with Gasteiger partial charge in [0.2, 0.25) is 5.91 Å². The van der Waals surface area contributed by atoms with Gasteiger partial charge < -0.3 is 9.64 Å². The quantitative estimate of drug-likeness (QED) is 0.536. The molecule has 12 heavy (non-hydrogen) atoms. The molecule has 2 rings (SSSR count). The van der Waals surface area contributed by atoms with Gasteiger partial charge in [-0.3, -0.25) is 4.79 Å². The van der Waals surface area contributed by atoms with E-state index in [0.29, 0.717) is 12.1 Å². The third-order valence-electron chi connectivity index (χ3n) is 2.85. The van der Waals surface area contributed by atoms with Gasteiger partial charge in [0.1, 0.15) is 0 Å². The molecule has 0 spiro atoms. The van der Waals surface area contributed by atoms with Gasteiger partial charge in [0.05, 0.1) is 25.3 Å². The number of morpholine rings is 1. The molecule has 0 N–H and O–H groups in total. The first-order valence-electron chi connectivity index (χ1n) is 4.65. The predicted molar refractivity (Wildman–Crippen MR) is 44.8 cm³/mol. The average molecular weight is 169 g/mol. The molecule has 2 atom stereocenters. The standard InChI is InChI=1S/C9H15NO2/c1-7(11)10-8-3-2-4-9(10)6-12-5-8/h8-9H,2-6H2,1H3. The number of hydrogen-bond donors (Lipinski definition) is 0. The van der Waals surface area contributed by atoms with E-state index in [4.69, 9.17) is 4.74 Å². The molecule has 3 heteroatoms. The minimum Gasteiger partial charge on any atom is -0.377 e. The first-order chi connectivity index (χ1) is 5.79. The highest BCUT2D eigenvalue weighted by Gasteiger charge is 2.35. The summed E-state index contributed by atoms with van der Waals surface area (Å²) in [5, 5.41) is 0. The third kappa shape index (κ3) is 1.22. The lowest BCUT2D eigenvalue weighted by atomic mass is 9.94. The normalized spacial score (nSPS) is 34.9. The summed E-state index contributed by atoms with van der Waals surface area (Å²) < 4.78 is 5.42. The first-order valence-corrected chi connectivity index (χ1v) is 4.65. The Hall–Kier alpha value is -0.570. The number of piperidine rings is 1. The Morgan fingerprint density at radius 3 is 2.33 bits per heavy atom. The summed E-state index contributed by atoms with van der Waals surface area (Å²) in [5.41, 5.74) is 0. The van der Waals surface area contributed by atoms with E-state index in [0.717, 1.165) is 26.1 Å². The molecule has 2 aliphatic rings. The minimum absolute atomic E-state index is 0.216. The van der Waals surface area contributed by atoms with Crippen LogP contribution in [0.15, 0.2) is 0 Å². The molecule has 0 radical (unpaired) electrons. The van der Waals surface area contributed by atoms with Crippen LogP contribution >= 0.6 is 0 Å². The fourth-order valence-corrected chi connectivity index (χ4v) is 2.35. The van der Waals surface area contributed by atoms with Crippen molar-refractivity contribution in [2.24, 2.45) is 0 Å². The van der Waals surface area contributed by atoms with E-state index in [9.17, 15) is 4.79 Å². The van der Waals surface area contributed by atoms with Crippen molar-refractivity contribution in [1.29, 1.82) is 0 Å². The molecule has 2 aliphatic heterocycles. The summed E-state index contributed by atoms with van der Waals surface area (Å²) in [6.45, 7) is 3.16. The first kappa shape index (κ1) is 8.05. The smallest absolute Gasteiger partial charge is 0.220 e. The molecule has 0 aromatic rings. The van der Waals surface area contributed by atoms with Crippen LogP contribution < -0.4 is 0 Å². The van der Waals surface area contributed by atoms with Crippen LogP contribution in [0.4, 0.5) is 0 Å². The van der Waals surface area contributed by atoms with Crippen molar-refractivity contribution < 1.29 is 9.53 Å². The summed E-state index contributed by atoms with van der Waals surface area (Å²) in [4.78, 5) is 13.3. The van der Waals surface area contributed by atoms with Crippen LogP contribution in [-0.4, -0.2) is 36.1 Å². The Labute approximate surface area is 72.7 Å². The monoisotopic (exact) mass is 169 g/mol. The van der Waals surface area contributed by atoms with Crippen LogP contribution in [0.2, 0.25) is 0 Å².